The van der Waals surface area contributed by atoms with Gasteiger partial charge in [-0.3, -0.25) is 4.79 Å². The smallest absolute Gasteiger partial charge is 0.261 e. The number of nitrogens with zero attached hydrogens (tertiary/aromatic N) is 1. The minimum Gasteiger partial charge on any atom is -0.484 e. The van der Waals surface area contributed by atoms with Gasteiger partial charge in [0.1, 0.15) is 5.75 Å². The number of amides is 1. The maximum Gasteiger partial charge on any atom is 0.261 e. The number of aliphatic hydroxyl groups excluding tert-OH is 1. The molecule has 27 heavy (non-hydrogen) atoms. The number of ether oxygens (including phenoxy) is 1. The first-order valence-corrected chi connectivity index (χ1v) is 9.77. The molecule has 4 rings (SSSR count). The normalized spacial score (nSPS) is 26.4. The first kappa shape index (κ1) is 18.1. The van der Waals surface area contributed by atoms with Crippen LogP contribution in [0.5, 0.6) is 5.75 Å². The van der Waals surface area contributed by atoms with Crippen LogP contribution in [0, 0.1) is 12.3 Å². The summed E-state index contributed by atoms with van der Waals surface area (Å²) in [5, 5.41) is 10.3. The van der Waals surface area contributed by atoms with Crippen LogP contribution in [0.3, 0.4) is 0 Å². The monoisotopic (exact) mass is 365 g/mol. The van der Waals surface area contributed by atoms with Gasteiger partial charge in [0.15, 0.2) is 6.61 Å². The summed E-state index contributed by atoms with van der Waals surface area (Å²) in [5.41, 5.74) is 2.02. The lowest BCUT2D eigenvalue weighted by Crippen LogP contribution is -2.45. The molecule has 3 atom stereocenters. The van der Waals surface area contributed by atoms with Crippen LogP contribution in [0.1, 0.15) is 30.4 Å². The second-order valence-corrected chi connectivity index (χ2v) is 7.99. The highest BCUT2D eigenvalue weighted by Crippen LogP contribution is 2.51. The molecule has 0 spiro atoms. The predicted molar refractivity (Wildman–Crippen MR) is 105 cm³/mol. The zero-order valence-electron chi connectivity index (χ0n) is 15.8. The van der Waals surface area contributed by atoms with Crippen molar-refractivity contribution < 1.29 is 14.6 Å². The summed E-state index contributed by atoms with van der Waals surface area (Å²) in [6, 6.07) is 18.4. The van der Waals surface area contributed by atoms with E-state index in [1.165, 1.54) is 5.56 Å². The van der Waals surface area contributed by atoms with Crippen molar-refractivity contribution in [3.05, 3.63) is 65.7 Å². The fourth-order valence-corrected chi connectivity index (χ4v) is 5.02. The molecule has 0 unspecified atom stereocenters. The zero-order valence-corrected chi connectivity index (χ0v) is 15.8. The lowest BCUT2D eigenvalue weighted by molar-refractivity contribution is -0.135. The molecular formula is C23H27NO3. The molecule has 2 aromatic carbocycles. The number of benzene rings is 2. The van der Waals surface area contributed by atoms with Crippen molar-refractivity contribution in [3.63, 3.8) is 0 Å². The molecule has 0 radical (unpaired) electrons. The largest absolute Gasteiger partial charge is 0.484 e. The average molecular weight is 365 g/mol. The number of para-hydroxylation sites is 1. The molecule has 2 bridgehead atoms. The maximum atomic E-state index is 13.0. The van der Waals surface area contributed by atoms with Gasteiger partial charge in [-0.2, -0.15) is 0 Å². The lowest BCUT2D eigenvalue weighted by atomic mass is 9.70. The Kier molecular flexibility index (Phi) is 4.92. The quantitative estimate of drug-likeness (QED) is 0.854. The van der Waals surface area contributed by atoms with Crippen molar-refractivity contribution in [1.82, 2.24) is 4.90 Å². The van der Waals surface area contributed by atoms with Crippen molar-refractivity contribution >= 4 is 5.91 Å². The fourth-order valence-electron chi connectivity index (χ4n) is 5.02. The molecule has 4 heteroatoms. The molecule has 2 heterocycles. The summed E-state index contributed by atoms with van der Waals surface area (Å²) in [7, 11) is 0. The summed E-state index contributed by atoms with van der Waals surface area (Å²) in [6.45, 7) is 2.16. The van der Waals surface area contributed by atoms with E-state index in [0.717, 1.165) is 37.0 Å². The van der Waals surface area contributed by atoms with Crippen LogP contribution in [0.25, 0.3) is 0 Å². The Labute approximate surface area is 160 Å². The highest BCUT2D eigenvalue weighted by molar-refractivity contribution is 5.79. The van der Waals surface area contributed by atoms with E-state index in [9.17, 15) is 9.90 Å². The highest BCUT2D eigenvalue weighted by Gasteiger charge is 2.56. The molecule has 2 fully saturated rings. The second kappa shape index (κ2) is 7.35. The summed E-state index contributed by atoms with van der Waals surface area (Å²) < 4.78 is 5.80. The van der Waals surface area contributed by atoms with Crippen LogP contribution in [-0.4, -0.2) is 41.2 Å². The highest BCUT2D eigenvalue weighted by atomic mass is 16.5. The first-order valence-electron chi connectivity index (χ1n) is 9.77. The number of aryl methyl sites for hydroxylation is 1. The third kappa shape index (κ3) is 3.34. The van der Waals surface area contributed by atoms with Gasteiger partial charge in [0.2, 0.25) is 0 Å². The van der Waals surface area contributed by atoms with E-state index < -0.39 is 0 Å². The van der Waals surface area contributed by atoms with Crippen molar-refractivity contribution in [2.75, 3.05) is 13.2 Å². The number of hydrogen-bond acceptors (Lipinski definition) is 3. The molecule has 4 nitrogen and oxygen atoms in total. The Morgan fingerprint density at radius 3 is 2.63 bits per heavy atom. The number of rotatable bonds is 6. The molecule has 2 aliphatic rings. The zero-order chi connectivity index (χ0) is 18.9. The standard InChI is InChI=1S/C23H27NO3/c1-17-7-5-6-10-20(17)27-15-22(26)24-19-11-12-21(24)23(14-19,16-25)13-18-8-3-2-4-9-18/h2-10,19,21,25H,11-16H2,1H3/t19-,21+,23-/m0/s1. The Hall–Kier alpha value is -2.33. The van der Waals surface area contributed by atoms with Crippen LogP contribution in [-0.2, 0) is 11.2 Å². The molecule has 2 aliphatic heterocycles. The summed E-state index contributed by atoms with van der Waals surface area (Å²) >= 11 is 0. The van der Waals surface area contributed by atoms with Gasteiger partial charge in [-0.15, -0.1) is 0 Å². The van der Waals surface area contributed by atoms with Gasteiger partial charge in [0.05, 0.1) is 6.61 Å². The van der Waals surface area contributed by atoms with Crippen molar-refractivity contribution in [2.24, 2.45) is 5.41 Å². The molecule has 142 valence electrons. The van der Waals surface area contributed by atoms with Gasteiger partial charge < -0.3 is 14.7 Å². The number of hydrogen-bond donors (Lipinski definition) is 1. The number of aliphatic hydroxyl groups is 1. The molecule has 0 saturated carbocycles. The van der Waals surface area contributed by atoms with Gasteiger partial charge in [-0.05, 0) is 49.8 Å². The maximum absolute atomic E-state index is 13.0. The van der Waals surface area contributed by atoms with Crippen LogP contribution in [0.2, 0.25) is 0 Å². The number of carbonyl (C=O) groups excluding carboxylic acids is 1. The van der Waals surface area contributed by atoms with Gasteiger partial charge in [-0.1, -0.05) is 48.5 Å². The van der Waals surface area contributed by atoms with E-state index >= 15 is 0 Å². The van der Waals surface area contributed by atoms with Gasteiger partial charge in [-0.25, -0.2) is 0 Å². The Bertz CT molecular complexity index is 806. The number of fused-ring (bicyclic) bond motifs is 2. The molecular weight excluding hydrogens is 338 g/mol. The molecule has 0 aromatic heterocycles. The summed E-state index contributed by atoms with van der Waals surface area (Å²) in [5.74, 6) is 0.796. The van der Waals surface area contributed by atoms with E-state index in [1.54, 1.807) is 0 Å². The van der Waals surface area contributed by atoms with E-state index in [1.807, 2.05) is 54.3 Å². The summed E-state index contributed by atoms with van der Waals surface area (Å²) in [6.07, 6.45) is 3.68. The van der Waals surface area contributed by atoms with Crippen LogP contribution < -0.4 is 4.74 Å². The van der Waals surface area contributed by atoms with E-state index in [-0.39, 0.29) is 36.6 Å². The molecule has 0 aliphatic carbocycles. The van der Waals surface area contributed by atoms with Crippen LogP contribution in [0.4, 0.5) is 0 Å². The fraction of sp³-hybridized carbons (Fsp3) is 0.435. The Morgan fingerprint density at radius 1 is 1.15 bits per heavy atom. The van der Waals surface area contributed by atoms with E-state index in [2.05, 4.69) is 12.1 Å². The SMILES string of the molecule is Cc1ccccc1OCC(=O)N1[C@H]2CC[C@@H]1[C@@](CO)(Cc1ccccc1)C2. The first-order chi connectivity index (χ1) is 13.1. The van der Waals surface area contributed by atoms with E-state index in [0.29, 0.717) is 0 Å². The third-order valence-electron chi connectivity index (χ3n) is 6.30. The van der Waals surface area contributed by atoms with Crippen molar-refractivity contribution in [1.29, 1.82) is 0 Å². The van der Waals surface area contributed by atoms with Crippen molar-refractivity contribution in [2.45, 2.75) is 44.7 Å². The van der Waals surface area contributed by atoms with Crippen LogP contribution in [0.15, 0.2) is 54.6 Å². The van der Waals surface area contributed by atoms with Gasteiger partial charge >= 0.3 is 0 Å². The van der Waals surface area contributed by atoms with Gasteiger partial charge in [0, 0.05) is 17.5 Å². The Morgan fingerprint density at radius 2 is 1.89 bits per heavy atom. The van der Waals surface area contributed by atoms with E-state index in [4.69, 9.17) is 4.74 Å². The lowest BCUT2D eigenvalue weighted by Gasteiger charge is -2.36. The summed E-state index contributed by atoms with van der Waals surface area (Å²) in [4.78, 5) is 15.0. The predicted octanol–water partition coefficient (Wildman–Crippen LogP) is 3.36. The topological polar surface area (TPSA) is 49.8 Å². The second-order valence-electron chi connectivity index (χ2n) is 7.99. The molecule has 2 aromatic rings. The third-order valence-corrected chi connectivity index (χ3v) is 6.30. The molecule has 1 amide bonds. The van der Waals surface area contributed by atoms with Crippen molar-refractivity contribution in [3.8, 4) is 5.75 Å². The minimum atomic E-state index is -0.234. The molecule has 2 saturated heterocycles. The van der Waals surface area contributed by atoms with Gasteiger partial charge in [0.25, 0.3) is 5.91 Å². The minimum absolute atomic E-state index is 0.0362. The molecule has 1 N–H and O–H groups in total. The average Bonchev–Trinajstić information content (AvgIpc) is 3.24. The van der Waals surface area contributed by atoms with Crippen LogP contribution >= 0.6 is 0 Å². The Balaban J connectivity index is 1.48. The number of carbonyl (C=O) groups is 1.